The Kier molecular flexibility index (Phi) is 5.45. The highest BCUT2D eigenvalue weighted by Crippen LogP contribution is 2.61. The van der Waals surface area contributed by atoms with Crippen molar-refractivity contribution in [3.05, 3.63) is 23.8 Å². The van der Waals surface area contributed by atoms with Crippen LogP contribution < -0.4 is 0 Å². The average Bonchev–Trinajstić information content (AvgIpc) is 2.96. The number of fused-ring (bicyclic) bond motifs is 2. The fraction of sp³-hybridized carbons (Fsp3) is 0.783. The molecule has 2 saturated carbocycles. The molecule has 0 aromatic carbocycles. The van der Waals surface area contributed by atoms with Gasteiger partial charge in [0.15, 0.2) is 5.60 Å². The van der Waals surface area contributed by atoms with Crippen molar-refractivity contribution in [1.82, 2.24) is 0 Å². The number of unbranched alkanes of at least 4 members (excludes halogenated alkanes) is 5. The van der Waals surface area contributed by atoms with E-state index in [0.29, 0.717) is 19.3 Å². The molecule has 2 aliphatic carbocycles. The highest BCUT2D eigenvalue weighted by molar-refractivity contribution is 5.85. The first-order chi connectivity index (χ1) is 13.4. The Bertz CT molecular complexity index is 670. The number of rotatable bonds is 7. The molecule has 5 nitrogen and oxygen atoms in total. The number of carbonyl (C=O) groups is 1. The van der Waals surface area contributed by atoms with Crippen LogP contribution in [-0.2, 0) is 14.3 Å². The van der Waals surface area contributed by atoms with E-state index >= 15 is 0 Å². The molecule has 5 rings (SSSR count). The standard InChI is InChI=1S/C23H34O5/c1-3-4-5-6-7-8-9-10-19-15(2)11-18-17-12-16(24)13-22(17)14-20(25)23(18,27-19)21(26)28-22/h9-11,16-20,24-25H,3-8,12-14H2,1-2H3. The molecule has 7 atom stereocenters. The summed E-state index contributed by atoms with van der Waals surface area (Å²) in [7, 11) is 0. The number of ether oxygens (including phenoxy) is 2. The molecule has 2 spiro atoms. The summed E-state index contributed by atoms with van der Waals surface area (Å²) in [6.07, 6.45) is 13.2. The van der Waals surface area contributed by atoms with Crippen LogP contribution >= 0.6 is 0 Å². The van der Waals surface area contributed by atoms with Gasteiger partial charge in [-0.25, -0.2) is 4.79 Å². The third kappa shape index (κ3) is 3.06. The van der Waals surface area contributed by atoms with Crippen molar-refractivity contribution >= 4 is 5.97 Å². The van der Waals surface area contributed by atoms with Gasteiger partial charge in [0.1, 0.15) is 5.60 Å². The largest absolute Gasteiger partial charge is 0.456 e. The van der Waals surface area contributed by atoms with Crippen LogP contribution in [0.25, 0.3) is 0 Å². The summed E-state index contributed by atoms with van der Waals surface area (Å²) in [5.74, 6) is -0.668. The Labute approximate surface area is 167 Å². The third-order valence-electron chi connectivity index (χ3n) is 7.36. The van der Waals surface area contributed by atoms with E-state index in [1.807, 2.05) is 13.0 Å². The van der Waals surface area contributed by atoms with E-state index in [2.05, 4.69) is 19.1 Å². The van der Waals surface area contributed by atoms with Gasteiger partial charge in [0.25, 0.3) is 0 Å². The lowest BCUT2D eigenvalue weighted by molar-refractivity contribution is -0.290. The van der Waals surface area contributed by atoms with Crippen LogP contribution in [0.2, 0.25) is 0 Å². The van der Waals surface area contributed by atoms with Crippen molar-refractivity contribution in [2.45, 2.75) is 101 Å². The SMILES string of the molecule is CCCCCCCC=CC1OC23C(=O)OC4(CC(O)CC4C2C=C1C)CC3O. The van der Waals surface area contributed by atoms with Crippen molar-refractivity contribution in [3.8, 4) is 0 Å². The highest BCUT2D eigenvalue weighted by Gasteiger charge is 2.74. The lowest BCUT2D eigenvalue weighted by Crippen LogP contribution is -2.75. The van der Waals surface area contributed by atoms with E-state index in [0.717, 1.165) is 18.4 Å². The van der Waals surface area contributed by atoms with Gasteiger partial charge in [-0.15, -0.1) is 0 Å². The zero-order valence-electron chi connectivity index (χ0n) is 17.1. The minimum atomic E-state index is -1.33. The predicted molar refractivity (Wildman–Crippen MR) is 106 cm³/mol. The van der Waals surface area contributed by atoms with E-state index in [9.17, 15) is 15.0 Å². The molecule has 28 heavy (non-hydrogen) atoms. The molecule has 0 amide bonds. The molecule has 2 N–H and O–H groups in total. The number of aliphatic hydroxyl groups is 2. The van der Waals surface area contributed by atoms with Gasteiger partial charge in [-0.3, -0.25) is 0 Å². The van der Waals surface area contributed by atoms with Crippen LogP contribution in [0.15, 0.2) is 23.8 Å². The van der Waals surface area contributed by atoms with Gasteiger partial charge < -0.3 is 19.7 Å². The van der Waals surface area contributed by atoms with Gasteiger partial charge in [-0.2, -0.15) is 0 Å². The summed E-state index contributed by atoms with van der Waals surface area (Å²) < 4.78 is 12.2. The first-order valence-corrected chi connectivity index (χ1v) is 11.1. The number of esters is 1. The van der Waals surface area contributed by atoms with Crippen molar-refractivity contribution in [3.63, 3.8) is 0 Å². The quantitative estimate of drug-likeness (QED) is 0.396. The van der Waals surface area contributed by atoms with Crippen molar-refractivity contribution in [1.29, 1.82) is 0 Å². The minimum absolute atomic E-state index is 0.0158. The fourth-order valence-corrected chi connectivity index (χ4v) is 5.95. The maximum atomic E-state index is 13.0. The first-order valence-electron chi connectivity index (χ1n) is 11.1. The molecular weight excluding hydrogens is 356 g/mol. The van der Waals surface area contributed by atoms with Gasteiger partial charge in [0, 0.05) is 24.7 Å². The molecule has 156 valence electrons. The molecule has 4 fully saturated rings. The second-order valence-corrected chi connectivity index (χ2v) is 9.27. The zero-order chi connectivity index (χ0) is 19.9. The monoisotopic (exact) mass is 390 g/mol. The van der Waals surface area contributed by atoms with E-state index in [4.69, 9.17) is 9.47 Å². The number of aliphatic hydroxyl groups excluding tert-OH is 2. The topological polar surface area (TPSA) is 76.0 Å². The normalized spacial score (nSPS) is 44.4. The lowest BCUT2D eigenvalue weighted by atomic mass is 9.57. The average molecular weight is 391 g/mol. The Balaban J connectivity index is 1.51. The molecule has 0 aromatic rings. The fourth-order valence-electron chi connectivity index (χ4n) is 5.95. The number of hydrogen-bond acceptors (Lipinski definition) is 5. The van der Waals surface area contributed by atoms with E-state index < -0.39 is 29.4 Å². The number of hydrogen-bond donors (Lipinski definition) is 2. The van der Waals surface area contributed by atoms with Crippen molar-refractivity contribution in [2.24, 2.45) is 11.8 Å². The lowest BCUT2D eigenvalue weighted by Gasteiger charge is -2.60. The Morgan fingerprint density at radius 3 is 2.75 bits per heavy atom. The van der Waals surface area contributed by atoms with Crippen LogP contribution in [0.1, 0.15) is 71.6 Å². The smallest absolute Gasteiger partial charge is 0.342 e. The maximum Gasteiger partial charge on any atom is 0.342 e. The second kappa shape index (κ2) is 7.58. The summed E-state index contributed by atoms with van der Waals surface area (Å²) >= 11 is 0. The zero-order valence-corrected chi connectivity index (χ0v) is 17.1. The van der Waals surface area contributed by atoms with Gasteiger partial charge in [0.2, 0.25) is 0 Å². The molecule has 0 aromatic heterocycles. The van der Waals surface area contributed by atoms with Crippen LogP contribution in [0, 0.1) is 11.8 Å². The molecule has 0 radical (unpaired) electrons. The molecular formula is C23H34O5. The Morgan fingerprint density at radius 2 is 2.00 bits per heavy atom. The van der Waals surface area contributed by atoms with Gasteiger partial charge >= 0.3 is 5.97 Å². The van der Waals surface area contributed by atoms with Gasteiger partial charge in [0.05, 0.1) is 18.3 Å². The predicted octanol–water partition coefficient (Wildman–Crippen LogP) is 3.43. The summed E-state index contributed by atoms with van der Waals surface area (Å²) in [6, 6.07) is 0. The molecule has 5 heteroatoms. The third-order valence-corrected chi connectivity index (χ3v) is 7.36. The summed E-state index contributed by atoms with van der Waals surface area (Å²) in [4.78, 5) is 13.0. The van der Waals surface area contributed by atoms with Crippen LogP contribution in [0.5, 0.6) is 0 Å². The Hall–Kier alpha value is -1.17. The first kappa shape index (κ1) is 20.1. The second-order valence-electron chi connectivity index (χ2n) is 9.27. The van der Waals surface area contributed by atoms with Gasteiger partial charge in [-0.05, 0) is 31.8 Å². The van der Waals surface area contributed by atoms with E-state index in [-0.39, 0.29) is 17.9 Å². The van der Waals surface area contributed by atoms with Crippen molar-refractivity contribution < 1.29 is 24.5 Å². The van der Waals surface area contributed by atoms with E-state index in [1.54, 1.807) is 0 Å². The molecule has 3 heterocycles. The van der Waals surface area contributed by atoms with Crippen LogP contribution in [0.3, 0.4) is 0 Å². The van der Waals surface area contributed by atoms with E-state index in [1.165, 1.54) is 25.7 Å². The van der Waals surface area contributed by atoms with Gasteiger partial charge in [-0.1, -0.05) is 50.8 Å². The molecule has 3 aliphatic heterocycles. The maximum absolute atomic E-state index is 13.0. The molecule has 2 bridgehead atoms. The van der Waals surface area contributed by atoms with Crippen LogP contribution in [-0.4, -0.2) is 45.7 Å². The van der Waals surface area contributed by atoms with Crippen molar-refractivity contribution in [2.75, 3.05) is 0 Å². The summed E-state index contributed by atoms with van der Waals surface area (Å²) in [6.45, 7) is 4.25. The Morgan fingerprint density at radius 1 is 1.21 bits per heavy atom. The summed E-state index contributed by atoms with van der Waals surface area (Å²) in [5, 5.41) is 21.1. The molecule has 5 aliphatic rings. The molecule has 2 saturated heterocycles. The summed E-state index contributed by atoms with van der Waals surface area (Å²) in [5.41, 5.74) is -0.989. The highest BCUT2D eigenvalue weighted by atomic mass is 16.6. The molecule has 7 unspecified atom stereocenters. The number of carbonyl (C=O) groups excluding carboxylic acids is 1. The number of allylic oxidation sites excluding steroid dienone is 1. The van der Waals surface area contributed by atoms with Crippen LogP contribution in [0.4, 0.5) is 0 Å². The minimum Gasteiger partial charge on any atom is -0.456 e.